The first-order chi connectivity index (χ1) is 57.3. The van der Waals surface area contributed by atoms with E-state index in [1.54, 1.807) is 6.08 Å². The van der Waals surface area contributed by atoms with Gasteiger partial charge in [-0.3, -0.25) is 4.79 Å². The van der Waals surface area contributed by atoms with E-state index in [0.29, 0.717) is 6.42 Å². The summed E-state index contributed by atoms with van der Waals surface area (Å²) in [5, 5.41) is 121. The molecule has 3 heterocycles. The van der Waals surface area contributed by atoms with Crippen LogP contribution in [0.15, 0.2) is 72.9 Å². The largest absolute Gasteiger partial charge is 0.394 e. The van der Waals surface area contributed by atoms with Crippen LogP contribution < -0.4 is 5.32 Å². The molecule has 0 aromatic rings. The molecule has 3 saturated heterocycles. The molecule has 0 aromatic carbocycles. The molecule has 0 aromatic heterocycles. The maximum absolute atomic E-state index is 13.6. The van der Waals surface area contributed by atoms with Gasteiger partial charge in [0.2, 0.25) is 5.91 Å². The number of ether oxygens (including phenoxy) is 6. The molecule has 684 valence electrons. The molecular weight excluding hydrogens is 1480 g/mol. The molecule has 17 unspecified atom stereocenters. The molecule has 19 nitrogen and oxygen atoms in total. The van der Waals surface area contributed by atoms with Crippen LogP contribution in [0, 0.1) is 0 Å². The maximum Gasteiger partial charge on any atom is 0.220 e. The van der Waals surface area contributed by atoms with Gasteiger partial charge in [0, 0.05) is 6.42 Å². The molecule has 0 radical (unpaired) electrons. The van der Waals surface area contributed by atoms with Gasteiger partial charge in [-0.1, -0.05) is 414 Å². The lowest BCUT2D eigenvalue weighted by Crippen LogP contribution is -2.66. The Bertz CT molecular complexity index is 2390. The second-order valence-corrected chi connectivity index (χ2v) is 34.5. The van der Waals surface area contributed by atoms with Crippen molar-refractivity contribution < 1.29 is 89.4 Å². The van der Waals surface area contributed by atoms with Crippen LogP contribution in [0.1, 0.15) is 412 Å². The predicted octanol–water partition coefficient (Wildman–Crippen LogP) is 19.9. The molecule has 1 amide bonds. The highest BCUT2D eigenvalue weighted by Crippen LogP contribution is 2.34. The summed E-state index contributed by atoms with van der Waals surface area (Å²) in [4.78, 5) is 13.6. The topological polar surface area (TPSA) is 307 Å². The fourth-order valence-electron chi connectivity index (χ4n) is 16.3. The zero-order chi connectivity index (χ0) is 84.5. The zero-order valence-electron chi connectivity index (χ0n) is 74.2. The van der Waals surface area contributed by atoms with E-state index in [0.717, 1.165) is 77.0 Å². The number of carbonyl (C=O) groups excluding carboxylic acids is 1. The molecule has 3 fully saturated rings. The Hall–Kier alpha value is -2.77. The fourth-order valence-corrected chi connectivity index (χ4v) is 16.3. The first kappa shape index (κ1) is 108. The quantitative estimate of drug-likeness (QED) is 0.0199. The summed E-state index contributed by atoms with van der Waals surface area (Å²) in [6.07, 6.45) is 77.9. The standard InChI is InChI=1S/C98H179NO18/c1-3-5-7-9-11-13-15-17-19-21-23-25-27-29-31-33-35-36-37-38-39-40-41-42-43-44-46-48-50-52-54-56-58-60-62-64-66-68-70-72-74-76-86(104)99-81(82(103)75-73-71-69-67-65-63-61-59-57-55-53-51-49-47-45-34-32-30-28-26-24-22-20-18-16-14-12-10-8-6-4-2)80-112-96-92(110)89(107)94(84(78-101)114-96)117-98-93(111)90(108)95(85(79-102)115-98)116-97-91(109)88(106)87(105)83(77-100)113-97/h5,7,11,13,17,19,23,25,29,31,73,75,81-85,87-98,100-103,105-111H,3-4,6,8-10,12,14-16,18,20-22,24,26-28,30,32-72,74,76-80H2,1-2H3,(H,99,104)/b7-5-,13-11-,19-17-,25-23-,31-29-,75-73+. The highest BCUT2D eigenvalue weighted by Gasteiger charge is 2.54. The van der Waals surface area contributed by atoms with Crippen LogP contribution in [0.3, 0.4) is 0 Å². The van der Waals surface area contributed by atoms with Crippen molar-refractivity contribution in [2.24, 2.45) is 0 Å². The lowest BCUT2D eigenvalue weighted by Gasteiger charge is -2.48. The summed E-state index contributed by atoms with van der Waals surface area (Å²) in [5.41, 5.74) is 0. The van der Waals surface area contributed by atoms with Crippen LogP contribution in [0.2, 0.25) is 0 Å². The Morgan fingerprint density at radius 3 is 0.923 bits per heavy atom. The van der Waals surface area contributed by atoms with Gasteiger partial charge in [0.1, 0.15) is 73.2 Å². The van der Waals surface area contributed by atoms with E-state index < -0.39 is 124 Å². The van der Waals surface area contributed by atoms with Crippen molar-refractivity contribution >= 4 is 5.91 Å². The SMILES string of the molecule is CC/C=C\C/C=C\C/C=C\C/C=C\C/C=C\CCCCCCCCCCCCCCCCCCCCCCCCCCCC(=O)NC(COC1OC(CO)C(OC2OC(CO)C(OC3OC(CO)C(O)C(O)C3O)C(O)C2O)C(O)C1O)C(O)/C=C/CCCCCCCCCCCCCCCCCCCCCCCCCCCCCCC. The summed E-state index contributed by atoms with van der Waals surface area (Å²) in [6.45, 7) is 1.69. The number of aliphatic hydroxyl groups excluding tert-OH is 11. The number of allylic oxidation sites excluding steroid dienone is 11. The van der Waals surface area contributed by atoms with Gasteiger partial charge in [-0.05, 0) is 64.2 Å². The smallest absolute Gasteiger partial charge is 0.220 e. The van der Waals surface area contributed by atoms with Crippen LogP contribution in [-0.2, 0) is 33.2 Å². The van der Waals surface area contributed by atoms with E-state index >= 15 is 0 Å². The van der Waals surface area contributed by atoms with Gasteiger partial charge >= 0.3 is 0 Å². The Labute approximate surface area is 712 Å². The Morgan fingerprint density at radius 1 is 0.316 bits per heavy atom. The number of unbranched alkanes of at least 4 members (excludes halogenated alkanes) is 54. The van der Waals surface area contributed by atoms with Crippen molar-refractivity contribution in [1.82, 2.24) is 5.32 Å². The van der Waals surface area contributed by atoms with E-state index in [9.17, 15) is 61.0 Å². The average Bonchev–Trinajstić information content (AvgIpc) is 0.778. The van der Waals surface area contributed by atoms with E-state index in [1.165, 1.54) is 308 Å². The highest BCUT2D eigenvalue weighted by atomic mass is 16.8. The predicted molar refractivity (Wildman–Crippen MR) is 475 cm³/mol. The van der Waals surface area contributed by atoms with Gasteiger partial charge in [0.15, 0.2) is 18.9 Å². The van der Waals surface area contributed by atoms with Crippen molar-refractivity contribution in [2.45, 2.75) is 516 Å². The molecule has 0 saturated carbocycles. The summed E-state index contributed by atoms with van der Waals surface area (Å²) < 4.78 is 34.6. The van der Waals surface area contributed by atoms with Crippen molar-refractivity contribution in [3.05, 3.63) is 72.9 Å². The second kappa shape index (κ2) is 76.8. The molecule has 12 N–H and O–H groups in total. The first-order valence-electron chi connectivity index (χ1n) is 48.7. The number of hydrogen-bond donors (Lipinski definition) is 12. The summed E-state index contributed by atoms with van der Waals surface area (Å²) in [5.74, 6) is -0.267. The second-order valence-electron chi connectivity index (χ2n) is 34.5. The number of hydrogen-bond acceptors (Lipinski definition) is 18. The first-order valence-corrected chi connectivity index (χ1v) is 48.7. The molecule has 19 heteroatoms. The molecule has 0 spiro atoms. The van der Waals surface area contributed by atoms with Crippen molar-refractivity contribution in [2.75, 3.05) is 26.4 Å². The lowest BCUT2D eigenvalue weighted by molar-refractivity contribution is -0.379. The average molecular weight is 1660 g/mol. The minimum Gasteiger partial charge on any atom is -0.394 e. The Balaban J connectivity index is 1.28. The number of amides is 1. The molecule has 17 atom stereocenters. The Morgan fingerprint density at radius 2 is 0.590 bits per heavy atom. The number of rotatable bonds is 80. The molecule has 0 bridgehead atoms. The lowest BCUT2D eigenvalue weighted by atomic mass is 9.96. The van der Waals surface area contributed by atoms with Crippen LogP contribution in [0.4, 0.5) is 0 Å². The minimum absolute atomic E-state index is 0.246. The van der Waals surface area contributed by atoms with Crippen molar-refractivity contribution in [3.8, 4) is 0 Å². The molecule has 3 aliphatic heterocycles. The molecule has 3 aliphatic rings. The van der Waals surface area contributed by atoms with E-state index in [4.69, 9.17) is 28.4 Å². The summed E-state index contributed by atoms with van der Waals surface area (Å²) >= 11 is 0. The van der Waals surface area contributed by atoms with Gasteiger partial charge in [0.05, 0.1) is 38.6 Å². The normalized spacial score (nSPS) is 24.7. The van der Waals surface area contributed by atoms with Gasteiger partial charge < -0.3 is 89.9 Å². The molecular formula is C98H179NO18. The number of nitrogens with one attached hydrogen (secondary N) is 1. The Kier molecular flexibility index (Phi) is 71.2. The van der Waals surface area contributed by atoms with Gasteiger partial charge in [-0.25, -0.2) is 0 Å². The minimum atomic E-state index is -1.98. The van der Waals surface area contributed by atoms with Crippen LogP contribution in [-0.4, -0.2) is 193 Å². The third-order valence-corrected chi connectivity index (χ3v) is 24.0. The summed E-state index contributed by atoms with van der Waals surface area (Å²) in [7, 11) is 0. The monoisotopic (exact) mass is 1660 g/mol. The van der Waals surface area contributed by atoms with Crippen molar-refractivity contribution in [3.63, 3.8) is 0 Å². The van der Waals surface area contributed by atoms with Gasteiger partial charge in [-0.15, -0.1) is 0 Å². The number of carbonyl (C=O) groups is 1. The van der Waals surface area contributed by atoms with Crippen LogP contribution in [0.25, 0.3) is 0 Å². The van der Waals surface area contributed by atoms with Gasteiger partial charge in [-0.2, -0.15) is 0 Å². The molecule has 3 rings (SSSR count). The fraction of sp³-hybridized carbons (Fsp3) is 0.867. The number of aliphatic hydroxyl groups is 11. The summed E-state index contributed by atoms with van der Waals surface area (Å²) in [6, 6.07) is -0.976. The van der Waals surface area contributed by atoms with Crippen LogP contribution in [0.5, 0.6) is 0 Å². The van der Waals surface area contributed by atoms with Crippen molar-refractivity contribution in [1.29, 1.82) is 0 Å². The maximum atomic E-state index is 13.6. The molecule has 0 aliphatic carbocycles. The van der Waals surface area contributed by atoms with E-state index in [1.807, 2.05) is 6.08 Å². The zero-order valence-corrected chi connectivity index (χ0v) is 74.2. The van der Waals surface area contributed by atoms with Gasteiger partial charge in [0.25, 0.3) is 0 Å². The van der Waals surface area contributed by atoms with E-state index in [-0.39, 0.29) is 18.9 Å². The molecule has 117 heavy (non-hydrogen) atoms. The third-order valence-electron chi connectivity index (χ3n) is 24.0. The third kappa shape index (κ3) is 54.6. The van der Waals surface area contributed by atoms with Crippen LogP contribution >= 0.6 is 0 Å². The highest BCUT2D eigenvalue weighted by molar-refractivity contribution is 5.76. The van der Waals surface area contributed by atoms with E-state index in [2.05, 4.69) is 79.9 Å².